The molecule has 0 saturated heterocycles. The quantitative estimate of drug-likeness (QED) is 0.441. The fourth-order valence-electron chi connectivity index (χ4n) is 2.34. The van der Waals surface area contributed by atoms with E-state index in [1.165, 1.54) is 7.11 Å². The predicted octanol–water partition coefficient (Wildman–Crippen LogP) is 4.01. The Morgan fingerprint density at radius 2 is 1.93 bits per heavy atom. The molecule has 0 atom stereocenters. The molecular formula is C20H16ClNO5. The predicted molar refractivity (Wildman–Crippen MR) is 101 cm³/mol. The summed E-state index contributed by atoms with van der Waals surface area (Å²) in [4.78, 5) is 27.8. The fourth-order valence-corrected chi connectivity index (χ4v) is 2.46. The Kier molecular flexibility index (Phi) is 5.57. The lowest BCUT2D eigenvalue weighted by Crippen LogP contribution is -2.06. The van der Waals surface area contributed by atoms with Gasteiger partial charge in [-0.25, -0.2) is 9.79 Å². The maximum absolute atomic E-state index is 12.1. The number of carbonyl (C=O) groups excluding carboxylic acids is 2. The summed E-state index contributed by atoms with van der Waals surface area (Å²) in [5.41, 5.74) is 1.45. The maximum atomic E-state index is 12.1. The lowest BCUT2D eigenvalue weighted by Gasteiger charge is -2.09. The first-order valence-electron chi connectivity index (χ1n) is 8.17. The van der Waals surface area contributed by atoms with Gasteiger partial charge in [0.05, 0.1) is 7.11 Å². The monoisotopic (exact) mass is 385 g/mol. The van der Waals surface area contributed by atoms with E-state index in [0.717, 1.165) is 0 Å². The molecule has 0 aromatic heterocycles. The lowest BCUT2D eigenvalue weighted by molar-refractivity contribution is -0.134. The highest BCUT2D eigenvalue weighted by Crippen LogP contribution is 2.30. The first-order chi connectivity index (χ1) is 13.0. The van der Waals surface area contributed by atoms with Crippen LogP contribution in [0.4, 0.5) is 0 Å². The van der Waals surface area contributed by atoms with E-state index in [1.807, 2.05) is 0 Å². The molecule has 0 radical (unpaired) electrons. The molecule has 27 heavy (non-hydrogen) atoms. The van der Waals surface area contributed by atoms with E-state index in [2.05, 4.69) is 4.99 Å². The van der Waals surface area contributed by atoms with Crippen LogP contribution in [0.3, 0.4) is 0 Å². The Bertz CT molecular complexity index is 947. The van der Waals surface area contributed by atoms with Gasteiger partial charge in [0.2, 0.25) is 5.90 Å². The normalized spacial score (nSPS) is 14.7. The van der Waals surface area contributed by atoms with Crippen molar-refractivity contribution in [1.82, 2.24) is 0 Å². The molecule has 0 fully saturated rings. The standard InChI is InChI=1S/C20H16ClNO5/c1-3-18(23)26-16-9-4-12(11-17(16)25-2)10-15-20(24)27-19(22-15)13-5-7-14(21)8-6-13/h4-11H,3H2,1-2H3. The van der Waals surface area contributed by atoms with Crippen molar-refractivity contribution in [3.8, 4) is 11.5 Å². The van der Waals surface area contributed by atoms with Gasteiger partial charge in [-0.2, -0.15) is 0 Å². The summed E-state index contributed by atoms with van der Waals surface area (Å²) in [6.07, 6.45) is 1.82. The van der Waals surface area contributed by atoms with Gasteiger partial charge < -0.3 is 14.2 Å². The van der Waals surface area contributed by atoms with E-state index in [4.69, 9.17) is 25.8 Å². The number of benzene rings is 2. The SMILES string of the molecule is CCC(=O)Oc1ccc(C=C2N=C(c3ccc(Cl)cc3)OC2=O)cc1OC. The Balaban J connectivity index is 1.88. The third-order valence-corrected chi connectivity index (χ3v) is 3.97. The lowest BCUT2D eigenvalue weighted by atomic mass is 10.1. The molecule has 0 aliphatic carbocycles. The number of halogens is 1. The zero-order chi connectivity index (χ0) is 19.4. The Morgan fingerprint density at radius 3 is 2.59 bits per heavy atom. The van der Waals surface area contributed by atoms with Gasteiger partial charge in [0.25, 0.3) is 0 Å². The molecule has 1 aliphatic rings. The molecule has 1 heterocycles. The highest BCUT2D eigenvalue weighted by molar-refractivity contribution is 6.30. The van der Waals surface area contributed by atoms with Gasteiger partial charge in [0.1, 0.15) is 0 Å². The van der Waals surface area contributed by atoms with Gasteiger partial charge in [0, 0.05) is 17.0 Å². The minimum atomic E-state index is -0.555. The van der Waals surface area contributed by atoms with E-state index in [9.17, 15) is 9.59 Å². The minimum Gasteiger partial charge on any atom is -0.493 e. The molecule has 2 aromatic carbocycles. The van der Waals surface area contributed by atoms with Gasteiger partial charge in [-0.1, -0.05) is 24.6 Å². The molecule has 0 N–H and O–H groups in total. The number of ether oxygens (including phenoxy) is 3. The second kappa shape index (κ2) is 8.05. The van der Waals surface area contributed by atoms with Crippen molar-refractivity contribution < 1.29 is 23.8 Å². The van der Waals surface area contributed by atoms with Crippen molar-refractivity contribution in [2.75, 3.05) is 7.11 Å². The van der Waals surface area contributed by atoms with E-state index in [0.29, 0.717) is 27.6 Å². The second-order valence-electron chi connectivity index (χ2n) is 5.58. The van der Waals surface area contributed by atoms with Crippen molar-refractivity contribution in [1.29, 1.82) is 0 Å². The highest BCUT2D eigenvalue weighted by atomic mass is 35.5. The molecule has 6 nitrogen and oxygen atoms in total. The molecule has 0 unspecified atom stereocenters. The molecule has 0 saturated carbocycles. The maximum Gasteiger partial charge on any atom is 0.363 e. The summed E-state index contributed by atoms with van der Waals surface area (Å²) >= 11 is 5.86. The fraction of sp³-hybridized carbons (Fsp3) is 0.150. The molecule has 0 spiro atoms. The summed E-state index contributed by atoms with van der Waals surface area (Å²) in [6, 6.07) is 11.8. The minimum absolute atomic E-state index is 0.153. The van der Waals surface area contributed by atoms with Gasteiger partial charge in [0.15, 0.2) is 17.2 Å². The number of esters is 2. The molecule has 138 valence electrons. The highest BCUT2D eigenvalue weighted by Gasteiger charge is 2.24. The van der Waals surface area contributed by atoms with Crippen LogP contribution in [0.5, 0.6) is 11.5 Å². The molecule has 0 amide bonds. The summed E-state index contributed by atoms with van der Waals surface area (Å²) in [5.74, 6) is -0.0231. The topological polar surface area (TPSA) is 74.2 Å². The van der Waals surface area contributed by atoms with Crippen LogP contribution in [0.2, 0.25) is 5.02 Å². The number of hydrogen-bond donors (Lipinski definition) is 0. The van der Waals surface area contributed by atoms with E-state index >= 15 is 0 Å². The molecule has 7 heteroatoms. The van der Waals surface area contributed by atoms with Crippen LogP contribution in [-0.4, -0.2) is 24.9 Å². The zero-order valence-electron chi connectivity index (χ0n) is 14.7. The van der Waals surface area contributed by atoms with Crippen molar-refractivity contribution in [3.05, 3.63) is 64.3 Å². The first kappa shape index (κ1) is 18.7. The van der Waals surface area contributed by atoms with E-state index in [1.54, 1.807) is 55.5 Å². The number of aliphatic imine (C=N–C) groups is 1. The van der Waals surface area contributed by atoms with Crippen LogP contribution in [0.25, 0.3) is 6.08 Å². The smallest absolute Gasteiger partial charge is 0.363 e. The van der Waals surface area contributed by atoms with E-state index < -0.39 is 5.97 Å². The summed E-state index contributed by atoms with van der Waals surface area (Å²) in [7, 11) is 1.47. The van der Waals surface area contributed by atoms with Crippen molar-refractivity contribution >= 4 is 35.5 Å². The second-order valence-corrected chi connectivity index (χ2v) is 6.02. The summed E-state index contributed by atoms with van der Waals surface area (Å²) in [6.45, 7) is 1.70. The Labute approximate surface area is 161 Å². The largest absolute Gasteiger partial charge is 0.493 e. The van der Waals surface area contributed by atoms with Crippen molar-refractivity contribution in [3.63, 3.8) is 0 Å². The average Bonchev–Trinajstić information content (AvgIpc) is 3.03. The van der Waals surface area contributed by atoms with Crippen LogP contribution in [0.1, 0.15) is 24.5 Å². The van der Waals surface area contributed by atoms with Crippen LogP contribution < -0.4 is 9.47 Å². The van der Waals surface area contributed by atoms with Crippen LogP contribution in [0.15, 0.2) is 53.2 Å². The molecule has 1 aliphatic heterocycles. The van der Waals surface area contributed by atoms with Crippen LogP contribution in [-0.2, 0) is 14.3 Å². The average molecular weight is 386 g/mol. The molecule has 0 bridgehead atoms. The van der Waals surface area contributed by atoms with Crippen molar-refractivity contribution in [2.45, 2.75) is 13.3 Å². The zero-order valence-corrected chi connectivity index (χ0v) is 15.4. The van der Waals surface area contributed by atoms with Gasteiger partial charge in [-0.3, -0.25) is 4.79 Å². The van der Waals surface area contributed by atoms with Crippen molar-refractivity contribution in [2.24, 2.45) is 4.99 Å². The Morgan fingerprint density at radius 1 is 1.19 bits per heavy atom. The number of carbonyl (C=O) groups is 2. The summed E-state index contributed by atoms with van der Waals surface area (Å²) in [5, 5.41) is 0.579. The number of cyclic esters (lactones) is 1. The number of nitrogens with zero attached hydrogens (tertiary/aromatic N) is 1. The van der Waals surface area contributed by atoms with Gasteiger partial charge in [-0.15, -0.1) is 0 Å². The molecule has 3 rings (SSSR count). The number of methoxy groups -OCH3 is 1. The number of rotatable bonds is 5. The van der Waals surface area contributed by atoms with Crippen LogP contribution >= 0.6 is 11.6 Å². The Hall–Kier alpha value is -3.12. The van der Waals surface area contributed by atoms with Gasteiger partial charge in [-0.05, 0) is 48.0 Å². The third kappa shape index (κ3) is 4.35. The first-order valence-corrected chi connectivity index (χ1v) is 8.55. The van der Waals surface area contributed by atoms with E-state index in [-0.39, 0.29) is 24.0 Å². The summed E-state index contributed by atoms with van der Waals surface area (Å²) < 4.78 is 15.7. The third-order valence-electron chi connectivity index (χ3n) is 3.72. The molecule has 2 aromatic rings. The number of hydrogen-bond acceptors (Lipinski definition) is 6. The molecular weight excluding hydrogens is 370 g/mol. The van der Waals surface area contributed by atoms with Crippen LogP contribution in [0, 0.1) is 0 Å². The van der Waals surface area contributed by atoms with Gasteiger partial charge >= 0.3 is 11.9 Å².